The third-order valence-electron chi connectivity index (χ3n) is 3.65. The SMILES string of the molecule is [2H]C1([2H])CCCC(C2CCCCC2)C1. The lowest BCUT2D eigenvalue weighted by molar-refractivity contribution is 0.196. The molecular weight excluding hydrogens is 144 g/mol. The first-order valence-corrected chi connectivity index (χ1v) is 5.67. The van der Waals surface area contributed by atoms with Crippen LogP contribution < -0.4 is 0 Å². The molecule has 0 aromatic rings. The zero-order chi connectivity index (χ0) is 10.0. The van der Waals surface area contributed by atoms with Gasteiger partial charge in [-0.15, -0.1) is 0 Å². The van der Waals surface area contributed by atoms with Crippen LogP contribution in [-0.4, -0.2) is 0 Å². The molecule has 0 saturated heterocycles. The van der Waals surface area contributed by atoms with E-state index in [1.54, 1.807) is 0 Å². The van der Waals surface area contributed by atoms with E-state index in [2.05, 4.69) is 0 Å². The lowest BCUT2D eigenvalue weighted by Gasteiger charge is -2.32. The van der Waals surface area contributed by atoms with E-state index in [0.29, 0.717) is 5.92 Å². The molecule has 70 valence electrons. The van der Waals surface area contributed by atoms with E-state index in [0.717, 1.165) is 25.2 Å². The van der Waals surface area contributed by atoms with Crippen LogP contribution in [0.15, 0.2) is 0 Å². The van der Waals surface area contributed by atoms with Crippen molar-refractivity contribution in [3.63, 3.8) is 0 Å². The highest BCUT2D eigenvalue weighted by molar-refractivity contribution is 4.76. The van der Waals surface area contributed by atoms with E-state index in [9.17, 15) is 0 Å². The Hall–Kier alpha value is 0. The fourth-order valence-corrected chi connectivity index (χ4v) is 2.89. The Morgan fingerprint density at radius 1 is 0.667 bits per heavy atom. The summed E-state index contributed by atoms with van der Waals surface area (Å²) >= 11 is 0. The van der Waals surface area contributed by atoms with Gasteiger partial charge in [-0.2, -0.15) is 0 Å². The zero-order valence-electron chi connectivity index (χ0n) is 10.0. The van der Waals surface area contributed by atoms with E-state index in [4.69, 9.17) is 2.74 Å². The lowest BCUT2D eigenvalue weighted by atomic mass is 9.73. The monoisotopic (exact) mass is 168 g/mol. The first-order chi connectivity index (χ1) is 6.67. The van der Waals surface area contributed by atoms with Gasteiger partial charge in [0.25, 0.3) is 0 Å². The normalized spacial score (nSPS) is 40.2. The Kier molecular flexibility index (Phi) is 2.31. The summed E-state index contributed by atoms with van der Waals surface area (Å²) < 4.78 is 15.7. The third kappa shape index (κ3) is 2.02. The largest absolute Gasteiger partial charge is 0.0533 e. The van der Waals surface area contributed by atoms with Crippen LogP contribution in [0.2, 0.25) is 0 Å². The van der Waals surface area contributed by atoms with E-state index in [1.807, 2.05) is 0 Å². The summed E-state index contributed by atoms with van der Waals surface area (Å²) in [4.78, 5) is 0. The number of rotatable bonds is 1. The molecule has 2 aliphatic carbocycles. The van der Waals surface area contributed by atoms with E-state index < -0.39 is 6.37 Å². The molecule has 1 unspecified atom stereocenters. The molecule has 0 aliphatic heterocycles. The van der Waals surface area contributed by atoms with Crippen LogP contribution in [0.3, 0.4) is 0 Å². The van der Waals surface area contributed by atoms with Crippen LogP contribution >= 0.6 is 0 Å². The molecule has 0 radical (unpaired) electrons. The van der Waals surface area contributed by atoms with Crippen molar-refractivity contribution >= 4 is 0 Å². The van der Waals surface area contributed by atoms with Crippen LogP contribution in [0.1, 0.15) is 66.9 Å². The molecule has 0 aromatic carbocycles. The Morgan fingerprint density at radius 3 is 1.92 bits per heavy atom. The Bertz CT molecular complexity index is 183. The maximum atomic E-state index is 7.84. The van der Waals surface area contributed by atoms with Crippen molar-refractivity contribution in [2.75, 3.05) is 0 Å². The molecule has 0 heterocycles. The summed E-state index contributed by atoms with van der Waals surface area (Å²) in [5.41, 5.74) is 0. The quantitative estimate of drug-likeness (QED) is 0.552. The van der Waals surface area contributed by atoms with E-state index in [1.165, 1.54) is 38.5 Å². The Morgan fingerprint density at radius 2 is 1.25 bits per heavy atom. The molecule has 0 nitrogen and oxygen atoms in total. The van der Waals surface area contributed by atoms with Gasteiger partial charge in [-0.05, 0) is 11.8 Å². The summed E-state index contributed by atoms with van der Waals surface area (Å²) in [6.45, 7) is 0. The van der Waals surface area contributed by atoms with E-state index in [-0.39, 0.29) is 0 Å². The smallest absolute Gasteiger partial charge is 0.0267 e. The highest BCUT2D eigenvalue weighted by Gasteiger charge is 2.24. The molecule has 0 bridgehead atoms. The molecular formula is C12H22. The lowest BCUT2D eigenvalue weighted by Crippen LogP contribution is -2.20. The van der Waals surface area contributed by atoms with Crippen LogP contribution in [0.25, 0.3) is 0 Å². The van der Waals surface area contributed by atoms with Gasteiger partial charge in [0, 0.05) is 2.74 Å². The van der Waals surface area contributed by atoms with Crippen molar-refractivity contribution in [1.29, 1.82) is 0 Å². The molecule has 2 saturated carbocycles. The van der Waals surface area contributed by atoms with Gasteiger partial charge in [0.05, 0.1) is 0 Å². The van der Waals surface area contributed by atoms with Gasteiger partial charge in [0.15, 0.2) is 0 Å². The van der Waals surface area contributed by atoms with Gasteiger partial charge in [0.1, 0.15) is 0 Å². The maximum Gasteiger partial charge on any atom is 0.0267 e. The minimum absolute atomic E-state index is 0.707. The van der Waals surface area contributed by atoms with Gasteiger partial charge in [0.2, 0.25) is 0 Å². The molecule has 0 spiro atoms. The maximum absolute atomic E-state index is 7.84. The van der Waals surface area contributed by atoms with Gasteiger partial charge in [-0.1, -0.05) is 64.2 Å². The number of hydrogen-bond acceptors (Lipinski definition) is 0. The minimum Gasteiger partial charge on any atom is -0.0533 e. The first kappa shape index (κ1) is 6.45. The predicted octanol–water partition coefficient (Wildman–Crippen LogP) is 4.15. The standard InChI is InChI=1S/C12H22/c1-3-7-11(8-4-1)12-9-5-2-6-10-12/h11-12H,1-10H2/i3D2. The molecule has 0 heteroatoms. The van der Waals surface area contributed by atoms with Gasteiger partial charge in [-0.3, -0.25) is 0 Å². The molecule has 0 amide bonds. The van der Waals surface area contributed by atoms with Gasteiger partial charge in [-0.25, -0.2) is 0 Å². The minimum atomic E-state index is -0.847. The average Bonchev–Trinajstić information content (AvgIpc) is 2.18. The van der Waals surface area contributed by atoms with Gasteiger partial charge < -0.3 is 0 Å². The van der Waals surface area contributed by atoms with Crippen LogP contribution in [-0.2, 0) is 0 Å². The predicted molar refractivity (Wildman–Crippen MR) is 53.2 cm³/mol. The van der Waals surface area contributed by atoms with E-state index >= 15 is 0 Å². The fourth-order valence-electron chi connectivity index (χ4n) is 2.89. The first-order valence-electron chi connectivity index (χ1n) is 6.67. The molecule has 2 fully saturated rings. The zero-order valence-corrected chi connectivity index (χ0v) is 8.02. The van der Waals surface area contributed by atoms with Crippen molar-refractivity contribution in [2.45, 2.75) is 64.2 Å². The second-order valence-electron chi connectivity index (χ2n) is 4.50. The summed E-state index contributed by atoms with van der Waals surface area (Å²) in [6, 6.07) is 0. The average molecular weight is 168 g/mol. The molecule has 2 aliphatic rings. The highest BCUT2D eigenvalue weighted by atomic mass is 14.3. The number of hydrogen-bond donors (Lipinski definition) is 0. The molecule has 12 heavy (non-hydrogen) atoms. The Labute approximate surface area is 79.6 Å². The van der Waals surface area contributed by atoms with Crippen molar-refractivity contribution in [1.82, 2.24) is 0 Å². The molecule has 1 atom stereocenters. The van der Waals surface area contributed by atoms with Crippen LogP contribution in [0, 0.1) is 11.8 Å². The van der Waals surface area contributed by atoms with Crippen molar-refractivity contribution in [2.24, 2.45) is 11.8 Å². The summed E-state index contributed by atoms with van der Waals surface area (Å²) in [7, 11) is 0. The molecule has 0 N–H and O–H groups in total. The summed E-state index contributed by atoms with van der Waals surface area (Å²) in [5, 5.41) is 0. The van der Waals surface area contributed by atoms with Crippen LogP contribution in [0.4, 0.5) is 0 Å². The third-order valence-corrected chi connectivity index (χ3v) is 3.65. The molecule has 0 aromatic heterocycles. The van der Waals surface area contributed by atoms with Crippen molar-refractivity contribution < 1.29 is 2.74 Å². The summed E-state index contributed by atoms with van der Waals surface area (Å²) in [5.74, 6) is 1.57. The second kappa shape index (κ2) is 4.30. The topological polar surface area (TPSA) is 0 Å². The fraction of sp³-hybridized carbons (Fsp3) is 1.00. The van der Waals surface area contributed by atoms with Gasteiger partial charge >= 0.3 is 0 Å². The highest BCUT2D eigenvalue weighted by Crippen LogP contribution is 2.37. The van der Waals surface area contributed by atoms with Crippen molar-refractivity contribution in [3.05, 3.63) is 0 Å². The second-order valence-corrected chi connectivity index (χ2v) is 4.50. The van der Waals surface area contributed by atoms with Crippen LogP contribution in [0.5, 0.6) is 0 Å². The summed E-state index contributed by atoms with van der Waals surface area (Å²) in [6.07, 6.45) is 10.2. The van der Waals surface area contributed by atoms with Crippen molar-refractivity contribution in [3.8, 4) is 0 Å². The molecule has 2 rings (SSSR count). The Balaban J connectivity index is 1.89.